The molecule has 3 nitrogen and oxygen atoms in total. The van der Waals surface area contributed by atoms with E-state index in [0.717, 1.165) is 0 Å². The molecule has 0 saturated carbocycles. The summed E-state index contributed by atoms with van der Waals surface area (Å²) in [5.74, 6) is -0.274. The normalized spacial score (nSPS) is 9.31. The van der Waals surface area contributed by atoms with Crippen LogP contribution in [0.25, 0.3) is 0 Å². The summed E-state index contributed by atoms with van der Waals surface area (Å²) in [6.45, 7) is 0.0292. The topological polar surface area (TPSA) is 46.2 Å². The molecule has 0 heterocycles. The van der Waals surface area contributed by atoms with Crippen LogP contribution >= 0.6 is 11.6 Å². The monoisotopic (exact) mass is 197 g/mol. The van der Waals surface area contributed by atoms with Gasteiger partial charge in [0.2, 0.25) is 0 Å². The average molecular weight is 198 g/mol. The van der Waals surface area contributed by atoms with Gasteiger partial charge in [-0.15, -0.1) is 0 Å². The van der Waals surface area contributed by atoms with Crippen LogP contribution in [-0.4, -0.2) is 18.7 Å². The maximum Gasteiger partial charge on any atom is 0.251 e. The van der Waals surface area contributed by atoms with Gasteiger partial charge in [0.05, 0.1) is 6.54 Å². The second-order valence-electron chi connectivity index (χ2n) is 2.38. The lowest BCUT2D eigenvalue weighted by Gasteiger charge is -2.00. The molecule has 0 spiro atoms. The van der Waals surface area contributed by atoms with Gasteiger partial charge in [-0.3, -0.25) is 4.79 Å². The van der Waals surface area contributed by atoms with Crippen molar-refractivity contribution in [1.29, 1.82) is 0 Å². The van der Waals surface area contributed by atoms with Crippen molar-refractivity contribution >= 4 is 23.8 Å². The van der Waals surface area contributed by atoms with Gasteiger partial charge >= 0.3 is 0 Å². The van der Waals surface area contributed by atoms with Crippen LogP contribution in [0.15, 0.2) is 24.3 Å². The molecule has 1 amide bonds. The molecule has 0 aliphatic rings. The van der Waals surface area contributed by atoms with Crippen LogP contribution < -0.4 is 5.32 Å². The first-order valence-electron chi connectivity index (χ1n) is 3.71. The molecule has 0 aliphatic carbocycles. The minimum atomic E-state index is -0.274. The van der Waals surface area contributed by atoms with E-state index in [1.807, 2.05) is 0 Å². The molecule has 13 heavy (non-hydrogen) atoms. The third-order valence-electron chi connectivity index (χ3n) is 1.45. The van der Waals surface area contributed by atoms with Gasteiger partial charge < -0.3 is 10.1 Å². The zero-order chi connectivity index (χ0) is 9.68. The van der Waals surface area contributed by atoms with Crippen molar-refractivity contribution in [1.82, 2.24) is 5.32 Å². The second-order valence-corrected chi connectivity index (χ2v) is 2.82. The quantitative estimate of drug-likeness (QED) is 0.742. The molecule has 1 aromatic rings. The highest BCUT2D eigenvalue weighted by molar-refractivity contribution is 6.30. The second kappa shape index (κ2) is 4.62. The highest BCUT2D eigenvalue weighted by Crippen LogP contribution is 2.08. The van der Waals surface area contributed by atoms with Crippen LogP contribution in [0.1, 0.15) is 10.4 Å². The van der Waals surface area contributed by atoms with Crippen LogP contribution in [0.4, 0.5) is 0 Å². The van der Waals surface area contributed by atoms with E-state index in [0.29, 0.717) is 16.9 Å². The van der Waals surface area contributed by atoms with E-state index >= 15 is 0 Å². The maximum atomic E-state index is 11.2. The van der Waals surface area contributed by atoms with Crippen molar-refractivity contribution < 1.29 is 9.59 Å². The number of hydrogen-bond donors (Lipinski definition) is 1. The van der Waals surface area contributed by atoms with Crippen LogP contribution in [0.5, 0.6) is 0 Å². The number of amides is 1. The van der Waals surface area contributed by atoms with E-state index in [2.05, 4.69) is 5.32 Å². The van der Waals surface area contributed by atoms with Gasteiger partial charge in [-0.1, -0.05) is 11.6 Å². The van der Waals surface area contributed by atoms with Crippen molar-refractivity contribution in [2.45, 2.75) is 0 Å². The zero-order valence-electron chi connectivity index (χ0n) is 6.79. The summed E-state index contributed by atoms with van der Waals surface area (Å²) in [6, 6.07) is 6.44. The van der Waals surface area contributed by atoms with Gasteiger partial charge in [0.15, 0.2) is 0 Å². The van der Waals surface area contributed by atoms with E-state index in [9.17, 15) is 9.59 Å². The Bertz CT molecular complexity index is 308. The number of rotatable bonds is 3. The number of benzene rings is 1. The predicted octanol–water partition coefficient (Wildman–Crippen LogP) is 1.27. The molecule has 4 heteroatoms. The molecule has 0 radical (unpaired) electrons. The van der Waals surface area contributed by atoms with Gasteiger partial charge in [-0.25, -0.2) is 0 Å². The van der Waals surface area contributed by atoms with Gasteiger partial charge in [-0.2, -0.15) is 0 Å². The number of halogens is 1. The summed E-state index contributed by atoms with van der Waals surface area (Å²) in [5.41, 5.74) is 0.492. The molecule has 0 saturated heterocycles. The lowest BCUT2D eigenvalue weighted by molar-refractivity contribution is -0.107. The Morgan fingerprint density at radius 1 is 1.38 bits per heavy atom. The fourth-order valence-corrected chi connectivity index (χ4v) is 0.964. The van der Waals surface area contributed by atoms with Crippen LogP contribution in [0.2, 0.25) is 5.02 Å². The van der Waals surface area contributed by atoms with Crippen LogP contribution in [0, 0.1) is 0 Å². The van der Waals surface area contributed by atoms with E-state index in [4.69, 9.17) is 11.6 Å². The molecular weight excluding hydrogens is 190 g/mol. The van der Waals surface area contributed by atoms with Crippen LogP contribution in [0.3, 0.4) is 0 Å². The first-order chi connectivity index (χ1) is 6.24. The molecule has 1 rings (SSSR count). The highest BCUT2D eigenvalue weighted by Gasteiger charge is 2.02. The van der Waals surface area contributed by atoms with E-state index in [-0.39, 0.29) is 12.5 Å². The first-order valence-corrected chi connectivity index (χ1v) is 4.09. The van der Waals surface area contributed by atoms with Gasteiger partial charge in [-0.05, 0) is 24.3 Å². The van der Waals surface area contributed by atoms with Gasteiger partial charge in [0.25, 0.3) is 5.91 Å². The maximum absolute atomic E-state index is 11.2. The Morgan fingerprint density at radius 3 is 2.54 bits per heavy atom. The summed E-state index contributed by atoms with van der Waals surface area (Å²) < 4.78 is 0. The summed E-state index contributed by atoms with van der Waals surface area (Å²) in [6.07, 6.45) is 0.633. The smallest absolute Gasteiger partial charge is 0.251 e. The fourth-order valence-electron chi connectivity index (χ4n) is 0.838. The van der Waals surface area contributed by atoms with Crippen molar-refractivity contribution in [2.75, 3.05) is 6.54 Å². The van der Waals surface area contributed by atoms with Crippen molar-refractivity contribution in [2.24, 2.45) is 0 Å². The molecule has 0 atom stereocenters. The van der Waals surface area contributed by atoms with Gasteiger partial charge in [0.1, 0.15) is 6.29 Å². The molecule has 0 aromatic heterocycles. The lowest BCUT2D eigenvalue weighted by atomic mass is 10.2. The number of carbonyl (C=O) groups excluding carboxylic acids is 2. The van der Waals surface area contributed by atoms with E-state index in [1.165, 1.54) is 0 Å². The Balaban J connectivity index is 2.66. The molecule has 1 aromatic carbocycles. The minimum Gasteiger partial charge on any atom is -0.345 e. The molecular formula is C9H8ClNO2. The summed E-state index contributed by atoms with van der Waals surface area (Å²) in [7, 11) is 0. The first kappa shape index (κ1) is 9.74. The predicted molar refractivity (Wildman–Crippen MR) is 49.8 cm³/mol. The largest absolute Gasteiger partial charge is 0.345 e. The number of nitrogens with one attached hydrogen (secondary N) is 1. The van der Waals surface area contributed by atoms with E-state index in [1.54, 1.807) is 24.3 Å². The summed E-state index contributed by atoms with van der Waals surface area (Å²) in [5, 5.41) is 2.99. The van der Waals surface area contributed by atoms with Crippen LogP contribution in [-0.2, 0) is 4.79 Å². The SMILES string of the molecule is O=CCNC(=O)c1ccc(Cl)cc1. The summed E-state index contributed by atoms with van der Waals surface area (Å²) in [4.78, 5) is 21.2. The van der Waals surface area contributed by atoms with E-state index < -0.39 is 0 Å². The molecule has 68 valence electrons. The third kappa shape index (κ3) is 2.87. The Kier molecular flexibility index (Phi) is 3.46. The molecule has 0 bridgehead atoms. The standard InChI is InChI=1S/C9H8ClNO2/c10-8-3-1-7(2-4-8)9(13)11-5-6-12/h1-4,6H,5H2,(H,11,13). The molecule has 0 unspecified atom stereocenters. The lowest BCUT2D eigenvalue weighted by Crippen LogP contribution is -2.24. The highest BCUT2D eigenvalue weighted by atomic mass is 35.5. The number of aldehydes is 1. The summed E-state index contributed by atoms with van der Waals surface area (Å²) >= 11 is 5.63. The fraction of sp³-hybridized carbons (Fsp3) is 0.111. The van der Waals surface area contributed by atoms with Gasteiger partial charge in [0, 0.05) is 10.6 Å². The molecule has 0 aliphatic heterocycles. The molecule has 1 N–H and O–H groups in total. The van der Waals surface area contributed by atoms with Crippen molar-refractivity contribution in [3.8, 4) is 0 Å². The third-order valence-corrected chi connectivity index (χ3v) is 1.70. The number of hydrogen-bond acceptors (Lipinski definition) is 2. The average Bonchev–Trinajstić information content (AvgIpc) is 2.15. The molecule has 0 fully saturated rings. The minimum absolute atomic E-state index is 0.0292. The zero-order valence-corrected chi connectivity index (χ0v) is 7.54. The Morgan fingerprint density at radius 2 is 2.00 bits per heavy atom. The van der Waals surface area contributed by atoms with Crippen molar-refractivity contribution in [3.05, 3.63) is 34.9 Å². The number of carbonyl (C=O) groups is 2. The Labute approximate surface area is 80.7 Å². The Hall–Kier alpha value is -1.35. The van der Waals surface area contributed by atoms with Crippen molar-refractivity contribution in [3.63, 3.8) is 0 Å².